The molecule has 0 bridgehead atoms. The molecule has 1 aromatic rings. The molecule has 152 valence electrons. The van der Waals surface area contributed by atoms with Gasteiger partial charge in [-0.15, -0.1) is 24.0 Å². The Kier molecular flexibility index (Phi) is 12.9. The van der Waals surface area contributed by atoms with E-state index in [0.717, 1.165) is 36.9 Å². The minimum atomic E-state index is -2.96. The smallest absolute Gasteiger partial charge is 0.191 e. The number of aromatic nitrogens is 2. The number of nitrogens with one attached hydrogen (secondary N) is 2. The minimum Gasteiger partial charge on any atom is -0.379 e. The Morgan fingerprint density at radius 1 is 1.31 bits per heavy atom. The van der Waals surface area contributed by atoms with Crippen LogP contribution in [0.5, 0.6) is 0 Å². The molecule has 0 aliphatic carbocycles. The number of nitrogens with zero attached hydrogens (tertiary/aromatic N) is 3. The van der Waals surface area contributed by atoms with E-state index in [-0.39, 0.29) is 36.3 Å². The molecule has 0 aromatic carbocycles. The number of guanidine groups is 1. The summed E-state index contributed by atoms with van der Waals surface area (Å²) in [5.41, 5.74) is 2.20. The molecule has 0 unspecified atom stereocenters. The molecule has 0 radical (unpaired) electrons. The highest BCUT2D eigenvalue weighted by Gasteiger charge is 2.02. The van der Waals surface area contributed by atoms with Crippen LogP contribution in [0.3, 0.4) is 0 Å². The fourth-order valence-corrected chi connectivity index (χ4v) is 2.63. The van der Waals surface area contributed by atoms with Gasteiger partial charge in [0.25, 0.3) is 0 Å². The van der Waals surface area contributed by atoms with Gasteiger partial charge < -0.3 is 15.4 Å². The summed E-state index contributed by atoms with van der Waals surface area (Å²) in [6, 6.07) is 2.07. The van der Waals surface area contributed by atoms with E-state index >= 15 is 0 Å². The van der Waals surface area contributed by atoms with E-state index in [0.29, 0.717) is 19.7 Å². The molecule has 1 rings (SSSR count). The normalized spacial score (nSPS) is 11.9. The zero-order chi connectivity index (χ0) is 18.7. The number of hydrogen-bond donors (Lipinski definition) is 2. The van der Waals surface area contributed by atoms with Crippen molar-refractivity contribution < 1.29 is 13.2 Å². The number of halogens is 1. The largest absolute Gasteiger partial charge is 0.379 e. The predicted octanol–water partition coefficient (Wildman–Crippen LogP) is 1.12. The quantitative estimate of drug-likeness (QED) is 0.204. The third-order valence-corrected chi connectivity index (χ3v) is 4.29. The maximum Gasteiger partial charge on any atom is 0.191 e. The highest BCUT2D eigenvalue weighted by Crippen LogP contribution is 2.02. The van der Waals surface area contributed by atoms with Crippen molar-refractivity contribution in [3.63, 3.8) is 0 Å². The summed E-state index contributed by atoms with van der Waals surface area (Å²) >= 11 is 0. The van der Waals surface area contributed by atoms with Crippen LogP contribution < -0.4 is 10.6 Å². The van der Waals surface area contributed by atoms with Gasteiger partial charge in [0.15, 0.2) is 5.96 Å². The lowest BCUT2D eigenvalue weighted by Gasteiger charge is -2.11. The number of ether oxygens (including phenoxy) is 1. The molecule has 1 heterocycles. The van der Waals surface area contributed by atoms with Gasteiger partial charge in [-0.2, -0.15) is 5.10 Å². The van der Waals surface area contributed by atoms with E-state index in [2.05, 4.69) is 33.7 Å². The zero-order valence-corrected chi connectivity index (χ0v) is 19.3. The molecule has 1 aromatic heterocycles. The SMILES string of the molecule is CCNC(=NCCCn1nc(C)cc1C)NCCOCCS(C)(=O)=O.I. The Labute approximate surface area is 174 Å². The van der Waals surface area contributed by atoms with E-state index in [9.17, 15) is 8.42 Å². The monoisotopic (exact) mass is 501 g/mol. The van der Waals surface area contributed by atoms with Crippen LogP contribution in [0.2, 0.25) is 0 Å². The number of hydrogen-bond acceptors (Lipinski definition) is 5. The summed E-state index contributed by atoms with van der Waals surface area (Å²) in [6.45, 7) is 9.61. The molecule has 0 aliphatic heterocycles. The molecular weight excluding hydrogens is 469 g/mol. The Balaban J connectivity index is 0.00000625. The molecule has 0 saturated heterocycles. The maximum atomic E-state index is 11.0. The first-order valence-corrected chi connectivity index (χ1v) is 10.7. The van der Waals surface area contributed by atoms with Gasteiger partial charge in [-0.1, -0.05) is 0 Å². The molecule has 0 amide bonds. The number of aryl methyl sites for hydroxylation is 3. The summed E-state index contributed by atoms with van der Waals surface area (Å²) in [5, 5.41) is 10.8. The van der Waals surface area contributed by atoms with Crippen LogP contribution in [0, 0.1) is 13.8 Å². The zero-order valence-electron chi connectivity index (χ0n) is 16.1. The van der Waals surface area contributed by atoms with Crippen LogP contribution >= 0.6 is 24.0 Å². The Hall–Kier alpha value is -0.880. The summed E-state index contributed by atoms with van der Waals surface area (Å²) in [5.74, 6) is 0.788. The Bertz CT molecular complexity index is 646. The molecule has 26 heavy (non-hydrogen) atoms. The maximum absolute atomic E-state index is 11.0. The van der Waals surface area contributed by atoms with Crippen LogP contribution in [0.4, 0.5) is 0 Å². The van der Waals surface area contributed by atoms with Crippen molar-refractivity contribution in [1.29, 1.82) is 0 Å². The van der Waals surface area contributed by atoms with Gasteiger partial charge in [0.2, 0.25) is 0 Å². The lowest BCUT2D eigenvalue weighted by atomic mass is 10.4. The average Bonchev–Trinajstić information content (AvgIpc) is 2.83. The lowest BCUT2D eigenvalue weighted by Crippen LogP contribution is -2.39. The summed E-state index contributed by atoms with van der Waals surface area (Å²) in [4.78, 5) is 4.52. The van der Waals surface area contributed by atoms with Crippen molar-refractivity contribution in [3.8, 4) is 0 Å². The predicted molar refractivity (Wildman–Crippen MR) is 116 cm³/mol. The van der Waals surface area contributed by atoms with E-state index in [4.69, 9.17) is 4.74 Å². The van der Waals surface area contributed by atoms with Gasteiger partial charge in [0, 0.05) is 38.1 Å². The van der Waals surface area contributed by atoms with Crippen molar-refractivity contribution in [1.82, 2.24) is 20.4 Å². The first kappa shape index (κ1) is 25.1. The van der Waals surface area contributed by atoms with Gasteiger partial charge >= 0.3 is 0 Å². The first-order valence-electron chi connectivity index (χ1n) is 8.60. The molecule has 0 atom stereocenters. The molecule has 0 fully saturated rings. The molecule has 0 spiro atoms. The topological polar surface area (TPSA) is 97.6 Å². The van der Waals surface area contributed by atoms with Crippen LogP contribution in [0.1, 0.15) is 24.7 Å². The third-order valence-electron chi connectivity index (χ3n) is 3.38. The van der Waals surface area contributed by atoms with E-state index < -0.39 is 9.84 Å². The summed E-state index contributed by atoms with van der Waals surface area (Å²) in [7, 11) is -2.96. The van der Waals surface area contributed by atoms with Gasteiger partial charge in [-0.05, 0) is 33.3 Å². The molecule has 8 nitrogen and oxygen atoms in total. The Morgan fingerprint density at radius 3 is 2.62 bits per heavy atom. The van der Waals surface area contributed by atoms with Gasteiger partial charge in [-0.25, -0.2) is 8.42 Å². The number of aliphatic imine (C=N–C) groups is 1. The van der Waals surface area contributed by atoms with Crippen LogP contribution in [0.15, 0.2) is 11.1 Å². The van der Waals surface area contributed by atoms with Crippen molar-refractivity contribution in [2.24, 2.45) is 4.99 Å². The fourth-order valence-electron chi connectivity index (χ4n) is 2.21. The van der Waals surface area contributed by atoms with Crippen molar-refractivity contribution in [2.45, 2.75) is 33.7 Å². The molecule has 0 saturated carbocycles. The van der Waals surface area contributed by atoms with E-state index in [1.54, 1.807) is 0 Å². The second-order valence-corrected chi connectivity index (χ2v) is 8.19. The molecule has 0 aliphatic rings. The minimum absolute atomic E-state index is 0. The van der Waals surface area contributed by atoms with Crippen LogP contribution in [-0.4, -0.2) is 69.0 Å². The number of sulfone groups is 1. The van der Waals surface area contributed by atoms with Crippen molar-refractivity contribution in [3.05, 3.63) is 17.5 Å². The molecule has 2 N–H and O–H groups in total. The molecule has 10 heteroatoms. The van der Waals surface area contributed by atoms with Gasteiger partial charge in [0.05, 0.1) is 24.7 Å². The van der Waals surface area contributed by atoms with Crippen molar-refractivity contribution in [2.75, 3.05) is 44.9 Å². The highest BCUT2D eigenvalue weighted by atomic mass is 127. The summed E-state index contributed by atoms with van der Waals surface area (Å²) < 4.78 is 29.3. The van der Waals surface area contributed by atoms with Crippen LogP contribution in [0.25, 0.3) is 0 Å². The van der Waals surface area contributed by atoms with E-state index in [1.165, 1.54) is 6.26 Å². The number of rotatable bonds is 11. The Morgan fingerprint density at radius 2 is 2.04 bits per heavy atom. The fraction of sp³-hybridized carbons (Fsp3) is 0.750. The average molecular weight is 501 g/mol. The highest BCUT2D eigenvalue weighted by molar-refractivity contribution is 14.0. The summed E-state index contributed by atoms with van der Waals surface area (Å²) in [6.07, 6.45) is 2.11. The lowest BCUT2D eigenvalue weighted by molar-refractivity contribution is 0.154. The standard InChI is InChI=1S/C16H31N5O3S.HI/c1-5-17-16(19-8-10-24-11-12-25(4,22)23)18-7-6-9-21-15(3)13-14(2)20-21;/h13H,5-12H2,1-4H3,(H2,17,18,19);1H. The second kappa shape index (κ2) is 13.3. The second-order valence-electron chi connectivity index (χ2n) is 5.93. The third kappa shape index (κ3) is 11.7. The van der Waals surface area contributed by atoms with Gasteiger partial charge in [0.1, 0.15) is 9.84 Å². The van der Waals surface area contributed by atoms with Crippen molar-refractivity contribution >= 4 is 39.8 Å². The first-order chi connectivity index (χ1) is 11.8. The molecular formula is C16H32IN5O3S. The van der Waals surface area contributed by atoms with Gasteiger partial charge in [-0.3, -0.25) is 9.67 Å². The van der Waals surface area contributed by atoms with Crippen LogP contribution in [-0.2, 0) is 21.1 Å². The van der Waals surface area contributed by atoms with E-state index in [1.807, 2.05) is 18.5 Å².